The van der Waals surface area contributed by atoms with E-state index in [1.165, 1.54) is 10.3 Å². The standard InChI is InChI=1S/C21H28N4O3S/c1-3-15-4-5-17-18(12-15)29-21(22-17)24-8-6-23(7-9-24)20(27)16-13-19(26)25(14-16)10-11-28-2/h4-5,12,16H,3,6-11,13-14H2,1-2H3. The molecule has 1 aromatic carbocycles. The van der Waals surface area contributed by atoms with Crippen LogP contribution in [0.3, 0.4) is 0 Å². The first kappa shape index (κ1) is 20.1. The number of methoxy groups -OCH3 is 1. The number of nitrogens with zero attached hydrogens (tertiary/aromatic N) is 4. The molecule has 2 fully saturated rings. The quantitative estimate of drug-likeness (QED) is 0.721. The maximum atomic E-state index is 12.9. The zero-order chi connectivity index (χ0) is 20.4. The highest BCUT2D eigenvalue weighted by Gasteiger charge is 2.37. The third-order valence-corrected chi connectivity index (χ3v) is 6.92. The summed E-state index contributed by atoms with van der Waals surface area (Å²) in [6.45, 7) is 6.65. The normalized spacial score (nSPS) is 20.1. The van der Waals surface area contributed by atoms with Gasteiger partial charge in [0.05, 0.1) is 22.7 Å². The van der Waals surface area contributed by atoms with Crippen molar-refractivity contribution in [3.05, 3.63) is 23.8 Å². The van der Waals surface area contributed by atoms with Crippen LogP contribution in [0.25, 0.3) is 10.2 Å². The zero-order valence-electron chi connectivity index (χ0n) is 17.1. The van der Waals surface area contributed by atoms with Gasteiger partial charge in [0.15, 0.2) is 5.13 Å². The number of benzene rings is 1. The number of amides is 2. The Morgan fingerprint density at radius 2 is 2.07 bits per heavy atom. The van der Waals surface area contributed by atoms with Crippen molar-refractivity contribution in [3.8, 4) is 0 Å². The zero-order valence-corrected chi connectivity index (χ0v) is 17.9. The van der Waals surface area contributed by atoms with Gasteiger partial charge in [0, 0.05) is 52.8 Å². The van der Waals surface area contributed by atoms with Crippen LogP contribution in [0.4, 0.5) is 5.13 Å². The predicted octanol–water partition coefficient (Wildman–Crippen LogP) is 2.00. The molecule has 3 heterocycles. The minimum atomic E-state index is -0.221. The molecule has 1 aromatic heterocycles. The van der Waals surface area contributed by atoms with Gasteiger partial charge in [-0.3, -0.25) is 9.59 Å². The number of thiazole rings is 1. The Labute approximate surface area is 175 Å². The summed E-state index contributed by atoms with van der Waals surface area (Å²) in [5.41, 5.74) is 2.37. The summed E-state index contributed by atoms with van der Waals surface area (Å²) in [5.74, 6) is -0.0596. The molecule has 156 valence electrons. The summed E-state index contributed by atoms with van der Waals surface area (Å²) < 4.78 is 6.27. The number of piperazine rings is 1. The van der Waals surface area contributed by atoms with E-state index in [-0.39, 0.29) is 17.7 Å². The van der Waals surface area contributed by atoms with Gasteiger partial charge in [0.1, 0.15) is 0 Å². The molecule has 2 aliphatic rings. The number of fused-ring (bicyclic) bond motifs is 1. The van der Waals surface area contributed by atoms with Crippen LogP contribution < -0.4 is 4.90 Å². The van der Waals surface area contributed by atoms with Gasteiger partial charge < -0.3 is 19.4 Å². The van der Waals surface area contributed by atoms with E-state index in [2.05, 4.69) is 30.0 Å². The van der Waals surface area contributed by atoms with Crippen molar-refractivity contribution in [1.29, 1.82) is 0 Å². The molecule has 7 nitrogen and oxygen atoms in total. The average Bonchev–Trinajstić information content (AvgIpc) is 3.34. The SMILES string of the molecule is CCc1ccc2nc(N3CCN(C(=O)C4CC(=O)N(CCOC)C4)CC3)sc2c1. The van der Waals surface area contributed by atoms with Crippen molar-refractivity contribution in [3.63, 3.8) is 0 Å². The lowest BCUT2D eigenvalue weighted by molar-refractivity contribution is -0.136. The summed E-state index contributed by atoms with van der Waals surface area (Å²) in [6.07, 6.45) is 1.34. The van der Waals surface area contributed by atoms with Gasteiger partial charge in [-0.15, -0.1) is 0 Å². The van der Waals surface area contributed by atoms with Crippen LogP contribution in [-0.4, -0.2) is 79.6 Å². The Balaban J connectivity index is 1.34. The van der Waals surface area contributed by atoms with Crippen molar-refractivity contribution in [2.45, 2.75) is 19.8 Å². The fourth-order valence-electron chi connectivity index (χ4n) is 4.04. The first-order chi connectivity index (χ1) is 14.1. The monoisotopic (exact) mass is 416 g/mol. The Bertz CT molecular complexity index is 891. The first-order valence-electron chi connectivity index (χ1n) is 10.3. The molecular weight excluding hydrogens is 388 g/mol. The molecule has 0 spiro atoms. The van der Waals surface area contributed by atoms with E-state index >= 15 is 0 Å². The minimum Gasteiger partial charge on any atom is -0.383 e. The summed E-state index contributed by atoms with van der Waals surface area (Å²) in [6, 6.07) is 6.46. The van der Waals surface area contributed by atoms with Crippen LogP contribution >= 0.6 is 11.3 Å². The molecule has 2 amide bonds. The largest absolute Gasteiger partial charge is 0.383 e. The van der Waals surface area contributed by atoms with Crippen LogP contribution in [0, 0.1) is 5.92 Å². The third kappa shape index (κ3) is 4.23. The van der Waals surface area contributed by atoms with Gasteiger partial charge >= 0.3 is 0 Å². The number of carbonyl (C=O) groups is 2. The van der Waals surface area contributed by atoms with E-state index in [9.17, 15) is 9.59 Å². The van der Waals surface area contributed by atoms with Gasteiger partial charge in [-0.25, -0.2) is 4.98 Å². The number of hydrogen-bond acceptors (Lipinski definition) is 6. The number of aryl methyl sites for hydroxylation is 1. The van der Waals surface area contributed by atoms with Crippen LogP contribution in [0.1, 0.15) is 18.9 Å². The molecule has 2 aromatic rings. The number of likely N-dealkylation sites (tertiary alicyclic amines) is 1. The van der Waals surface area contributed by atoms with Crippen molar-refractivity contribution < 1.29 is 14.3 Å². The van der Waals surface area contributed by atoms with E-state index in [0.29, 0.717) is 39.2 Å². The van der Waals surface area contributed by atoms with Crippen LogP contribution in [0.15, 0.2) is 18.2 Å². The van der Waals surface area contributed by atoms with Gasteiger partial charge in [-0.05, 0) is 24.1 Å². The lowest BCUT2D eigenvalue weighted by Gasteiger charge is -2.35. The molecule has 29 heavy (non-hydrogen) atoms. The Morgan fingerprint density at radius 1 is 1.28 bits per heavy atom. The molecule has 1 unspecified atom stereocenters. The van der Waals surface area contributed by atoms with Crippen molar-refractivity contribution in [2.75, 3.05) is 57.9 Å². The summed E-state index contributed by atoms with van der Waals surface area (Å²) >= 11 is 1.72. The number of anilines is 1. The van der Waals surface area contributed by atoms with Gasteiger partial charge in [0.2, 0.25) is 11.8 Å². The molecule has 0 saturated carbocycles. The molecule has 0 N–H and O–H groups in total. The number of ether oxygens (including phenoxy) is 1. The van der Waals surface area contributed by atoms with Crippen LogP contribution in [0.5, 0.6) is 0 Å². The van der Waals surface area contributed by atoms with Gasteiger partial charge in [-0.2, -0.15) is 0 Å². The Morgan fingerprint density at radius 3 is 2.79 bits per heavy atom. The third-order valence-electron chi connectivity index (χ3n) is 5.84. The second kappa shape index (κ2) is 8.67. The van der Waals surface area contributed by atoms with Crippen LogP contribution in [-0.2, 0) is 20.7 Å². The predicted molar refractivity (Wildman–Crippen MR) is 114 cm³/mol. The smallest absolute Gasteiger partial charge is 0.228 e. The minimum absolute atomic E-state index is 0.0555. The molecule has 1 atom stereocenters. The molecule has 2 saturated heterocycles. The van der Waals surface area contributed by atoms with E-state index in [1.807, 2.05) is 4.90 Å². The fourth-order valence-corrected chi connectivity index (χ4v) is 5.12. The van der Waals surface area contributed by atoms with E-state index in [0.717, 1.165) is 30.2 Å². The highest BCUT2D eigenvalue weighted by atomic mass is 32.1. The molecule has 0 aliphatic carbocycles. The second-order valence-electron chi connectivity index (χ2n) is 7.70. The maximum absolute atomic E-state index is 12.9. The summed E-state index contributed by atoms with van der Waals surface area (Å²) in [4.78, 5) is 35.7. The van der Waals surface area contributed by atoms with Gasteiger partial charge in [-0.1, -0.05) is 24.3 Å². The molecular formula is C21H28N4O3S. The summed E-state index contributed by atoms with van der Waals surface area (Å²) in [5, 5.41) is 1.03. The number of aromatic nitrogens is 1. The van der Waals surface area contributed by atoms with Crippen LogP contribution in [0.2, 0.25) is 0 Å². The van der Waals surface area contributed by atoms with Crippen molar-refractivity contribution in [2.24, 2.45) is 5.92 Å². The average molecular weight is 417 g/mol. The highest BCUT2D eigenvalue weighted by Crippen LogP contribution is 2.30. The molecule has 2 aliphatic heterocycles. The first-order valence-corrected chi connectivity index (χ1v) is 11.1. The van der Waals surface area contributed by atoms with Crippen molar-refractivity contribution >= 4 is 38.5 Å². The van der Waals surface area contributed by atoms with Gasteiger partial charge in [0.25, 0.3) is 0 Å². The molecule has 0 bridgehead atoms. The Kier molecular flexibility index (Phi) is 6.01. The fraction of sp³-hybridized carbons (Fsp3) is 0.571. The molecule has 8 heteroatoms. The molecule has 4 rings (SSSR count). The highest BCUT2D eigenvalue weighted by molar-refractivity contribution is 7.22. The maximum Gasteiger partial charge on any atom is 0.228 e. The number of carbonyl (C=O) groups excluding carboxylic acids is 2. The van der Waals surface area contributed by atoms with Crippen molar-refractivity contribution in [1.82, 2.24) is 14.8 Å². The van der Waals surface area contributed by atoms with E-state index < -0.39 is 0 Å². The Hall–Kier alpha value is -2.19. The number of rotatable bonds is 6. The lowest BCUT2D eigenvalue weighted by Crippen LogP contribution is -2.50. The van der Waals surface area contributed by atoms with E-state index in [1.54, 1.807) is 23.3 Å². The van der Waals surface area contributed by atoms with E-state index in [4.69, 9.17) is 9.72 Å². The second-order valence-corrected chi connectivity index (χ2v) is 8.71. The topological polar surface area (TPSA) is 66.0 Å². The lowest BCUT2D eigenvalue weighted by atomic mass is 10.1. The molecule has 0 radical (unpaired) electrons. The number of hydrogen-bond donors (Lipinski definition) is 0. The summed E-state index contributed by atoms with van der Waals surface area (Å²) in [7, 11) is 1.62.